The molecule has 7 heteroatoms. The van der Waals surface area contributed by atoms with E-state index >= 15 is 0 Å². The SMILES string of the molecule is COc1ccc(-c2oc3cc(OC)cc4c3c2-c2cc(OC)cc(OC)c2[C@@H](c2ccc(OC)cc2)C4=O)cc1. The number of fused-ring (bicyclic) bond motifs is 2. The van der Waals surface area contributed by atoms with Crippen LogP contribution in [0.4, 0.5) is 0 Å². The molecular formula is C33H28O7. The topological polar surface area (TPSA) is 76.4 Å². The van der Waals surface area contributed by atoms with Gasteiger partial charge in [-0.3, -0.25) is 4.79 Å². The van der Waals surface area contributed by atoms with Crippen LogP contribution in [0.25, 0.3) is 33.4 Å². The van der Waals surface area contributed by atoms with Gasteiger partial charge in [0, 0.05) is 39.8 Å². The van der Waals surface area contributed by atoms with Crippen molar-refractivity contribution >= 4 is 16.8 Å². The van der Waals surface area contributed by atoms with Gasteiger partial charge in [0.25, 0.3) is 0 Å². The quantitative estimate of drug-likeness (QED) is 0.219. The number of methoxy groups -OCH3 is 5. The Labute approximate surface area is 231 Å². The monoisotopic (exact) mass is 536 g/mol. The molecule has 202 valence electrons. The number of benzene rings is 4. The molecule has 0 N–H and O–H groups in total. The van der Waals surface area contributed by atoms with Gasteiger partial charge in [0.15, 0.2) is 5.78 Å². The molecule has 0 bridgehead atoms. The summed E-state index contributed by atoms with van der Waals surface area (Å²) in [5.41, 5.74) is 5.00. The molecule has 0 radical (unpaired) electrons. The van der Waals surface area contributed by atoms with Crippen LogP contribution in [0.5, 0.6) is 28.7 Å². The van der Waals surface area contributed by atoms with E-state index in [0.29, 0.717) is 45.3 Å². The van der Waals surface area contributed by atoms with Gasteiger partial charge in [-0.05, 0) is 59.7 Å². The summed E-state index contributed by atoms with van der Waals surface area (Å²) in [6.45, 7) is 0. The molecule has 1 aliphatic carbocycles. The van der Waals surface area contributed by atoms with Crippen molar-refractivity contribution in [1.29, 1.82) is 0 Å². The van der Waals surface area contributed by atoms with E-state index in [-0.39, 0.29) is 5.78 Å². The minimum atomic E-state index is -0.673. The van der Waals surface area contributed by atoms with Crippen LogP contribution in [0.1, 0.15) is 27.4 Å². The summed E-state index contributed by atoms with van der Waals surface area (Å²) in [7, 11) is 8.03. The maximum atomic E-state index is 14.6. The highest BCUT2D eigenvalue weighted by Gasteiger charge is 2.38. The van der Waals surface area contributed by atoms with E-state index in [1.165, 1.54) is 0 Å². The fourth-order valence-electron chi connectivity index (χ4n) is 5.51. The fourth-order valence-corrected chi connectivity index (χ4v) is 5.51. The number of ketones is 1. The van der Waals surface area contributed by atoms with Gasteiger partial charge in [0.05, 0.1) is 41.5 Å². The van der Waals surface area contributed by atoms with Gasteiger partial charge in [-0.25, -0.2) is 0 Å². The van der Waals surface area contributed by atoms with Gasteiger partial charge in [-0.2, -0.15) is 0 Å². The molecule has 7 nitrogen and oxygen atoms in total. The zero-order valence-corrected chi connectivity index (χ0v) is 22.9. The highest BCUT2D eigenvalue weighted by Crippen LogP contribution is 2.53. The second-order valence-corrected chi connectivity index (χ2v) is 9.44. The number of hydrogen-bond acceptors (Lipinski definition) is 7. The standard InChI is InChI=1S/C33H28O7/c1-35-20-10-6-18(7-11-20)28-29-24(14-22(37-3)16-26(29)39-5)31-30-25(32(28)34)15-23(38-4)17-27(30)40-33(31)19-8-12-21(36-2)13-9-19/h6-17,28H,1-5H3/t28-/m1/s1. The third-order valence-corrected chi connectivity index (χ3v) is 7.46. The number of Topliss-reactive ketones (excluding diaryl/α,β-unsaturated/α-hetero) is 1. The van der Waals surface area contributed by atoms with Gasteiger partial charge in [-0.1, -0.05) is 12.1 Å². The molecule has 0 saturated heterocycles. The molecule has 0 unspecified atom stereocenters. The van der Waals surface area contributed by atoms with E-state index in [1.807, 2.05) is 66.7 Å². The van der Waals surface area contributed by atoms with Gasteiger partial charge in [0.2, 0.25) is 0 Å². The van der Waals surface area contributed by atoms with Crippen molar-refractivity contribution < 1.29 is 32.9 Å². The predicted octanol–water partition coefficient (Wildman–Crippen LogP) is 7.14. The van der Waals surface area contributed by atoms with E-state index in [9.17, 15) is 4.79 Å². The van der Waals surface area contributed by atoms with E-state index in [4.69, 9.17) is 28.1 Å². The van der Waals surface area contributed by atoms with Crippen LogP contribution in [-0.2, 0) is 0 Å². The van der Waals surface area contributed by atoms with Gasteiger partial charge < -0.3 is 28.1 Å². The third kappa shape index (κ3) is 3.93. The Morgan fingerprint density at radius 3 is 1.80 bits per heavy atom. The maximum absolute atomic E-state index is 14.6. The average Bonchev–Trinajstić information content (AvgIpc) is 3.35. The molecule has 40 heavy (non-hydrogen) atoms. The lowest BCUT2D eigenvalue weighted by atomic mass is 9.83. The van der Waals surface area contributed by atoms with E-state index < -0.39 is 5.92 Å². The van der Waals surface area contributed by atoms with Crippen molar-refractivity contribution in [2.45, 2.75) is 5.92 Å². The normalized spacial score (nSPS) is 13.9. The van der Waals surface area contributed by atoms with Crippen molar-refractivity contribution in [3.05, 3.63) is 89.5 Å². The van der Waals surface area contributed by atoms with Crippen molar-refractivity contribution in [1.82, 2.24) is 0 Å². The van der Waals surface area contributed by atoms with Crippen LogP contribution in [0.2, 0.25) is 0 Å². The van der Waals surface area contributed by atoms with Crippen LogP contribution in [0.15, 0.2) is 77.2 Å². The number of furan rings is 1. The Bertz CT molecular complexity index is 1730. The summed E-state index contributed by atoms with van der Waals surface area (Å²) in [4.78, 5) is 14.6. The van der Waals surface area contributed by atoms with Gasteiger partial charge in [0.1, 0.15) is 40.1 Å². The molecule has 5 aromatic rings. The first-order chi connectivity index (χ1) is 19.5. The molecule has 0 fully saturated rings. The van der Waals surface area contributed by atoms with Gasteiger partial charge in [-0.15, -0.1) is 0 Å². The molecule has 1 heterocycles. The second kappa shape index (κ2) is 10.0. The summed E-state index contributed by atoms with van der Waals surface area (Å²) in [6, 6.07) is 22.5. The van der Waals surface area contributed by atoms with Crippen LogP contribution < -0.4 is 23.7 Å². The Balaban J connectivity index is 1.75. The molecule has 6 rings (SSSR count). The maximum Gasteiger partial charge on any atom is 0.175 e. The third-order valence-electron chi connectivity index (χ3n) is 7.46. The van der Waals surface area contributed by atoms with E-state index in [2.05, 4.69) is 0 Å². The van der Waals surface area contributed by atoms with Crippen LogP contribution in [-0.4, -0.2) is 41.3 Å². The Morgan fingerprint density at radius 2 is 1.20 bits per heavy atom. The van der Waals surface area contributed by atoms with E-state index in [0.717, 1.165) is 33.6 Å². The number of carbonyl (C=O) groups is 1. The molecular weight excluding hydrogens is 508 g/mol. The average molecular weight is 537 g/mol. The highest BCUT2D eigenvalue weighted by atomic mass is 16.5. The lowest BCUT2D eigenvalue weighted by Gasteiger charge is -2.22. The minimum absolute atomic E-state index is 0.0976. The Hall–Kier alpha value is -4.91. The summed E-state index contributed by atoms with van der Waals surface area (Å²) in [6.07, 6.45) is 0. The molecule has 0 amide bonds. The minimum Gasteiger partial charge on any atom is -0.497 e. The first-order valence-corrected chi connectivity index (χ1v) is 12.7. The largest absolute Gasteiger partial charge is 0.497 e. The summed E-state index contributed by atoms with van der Waals surface area (Å²) in [5, 5.41) is 0.712. The fraction of sp³-hybridized carbons (Fsp3) is 0.182. The summed E-state index contributed by atoms with van der Waals surface area (Å²) < 4.78 is 34.5. The first kappa shape index (κ1) is 25.4. The summed E-state index contributed by atoms with van der Waals surface area (Å²) >= 11 is 0. The molecule has 4 aromatic carbocycles. The summed E-state index contributed by atoms with van der Waals surface area (Å²) in [5.74, 6) is 2.95. The zero-order chi connectivity index (χ0) is 28.0. The molecule has 1 aromatic heterocycles. The number of carbonyl (C=O) groups excluding carboxylic acids is 1. The Morgan fingerprint density at radius 1 is 0.625 bits per heavy atom. The predicted molar refractivity (Wildman–Crippen MR) is 152 cm³/mol. The molecule has 0 aliphatic heterocycles. The molecule has 1 atom stereocenters. The van der Waals surface area contributed by atoms with Gasteiger partial charge >= 0.3 is 0 Å². The van der Waals surface area contributed by atoms with Crippen LogP contribution in [0, 0.1) is 0 Å². The first-order valence-electron chi connectivity index (χ1n) is 12.7. The second-order valence-electron chi connectivity index (χ2n) is 9.44. The number of hydrogen-bond donors (Lipinski definition) is 0. The van der Waals surface area contributed by atoms with Crippen molar-refractivity contribution in [3.8, 4) is 51.2 Å². The molecule has 0 saturated carbocycles. The van der Waals surface area contributed by atoms with Crippen molar-refractivity contribution in [3.63, 3.8) is 0 Å². The smallest absolute Gasteiger partial charge is 0.175 e. The molecule has 0 spiro atoms. The lowest BCUT2D eigenvalue weighted by Crippen LogP contribution is -2.15. The lowest BCUT2D eigenvalue weighted by molar-refractivity contribution is 0.0974. The van der Waals surface area contributed by atoms with Crippen LogP contribution >= 0.6 is 0 Å². The van der Waals surface area contributed by atoms with Crippen LogP contribution in [0.3, 0.4) is 0 Å². The van der Waals surface area contributed by atoms with Crippen molar-refractivity contribution in [2.75, 3.05) is 35.5 Å². The zero-order valence-electron chi connectivity index (χ0n) is 22.9. The molecule has 1 aliphatic rings. The van der Waals surface area contributed by atoms with E-state index in [1.54, 1.807) is 41.6 Å². The highest BCUT2D eigenvalue weighted by molar-refractivity contribution is 6.21. The number of ether oxygens (including phenoxy) is 5. The number of rotatable bonds is 7. The van der Waals surface area contributed by atoms with Crippen molar-refractivity contribution in [2.24, 2.45) is 0 Å². The Kier molecular flexibility index (Phi) is 6.34.